The lowest BCUT2D eigenvalue weighted by atomic mass is 9.75. The molecule has 0 saturated carbocycles. The van der Waals surface area contributed by atoms with Crippen molar-refractivity contribution in [2.45, 2.75) is 76.6 Å². The minimum Gasteiger partial charge on any atom is -0.497 e. The van der Waals surface area contributed by atoms with Gasteiger partial charge in [-0.15, -0.1) is 0 Å². The van der Waals surface area contributed by atoms with Crippen molar-refractivity contribution in [2.75, 3.05) is 13.7 Å². The van der Waals surface area contributed by atoms with E-state index in [1.165, 1.54) is 7.11 Å². The molecule has 2 aromatic carbocycles. The summed E-state index contributed by atoms with van der Waals surface area (Å²) in [6.45, 7) is 12.3. The predicted octanol–water partition coefficient (Wildman–Crippen LogP) is 4.07. The Hall–Kier alpha value is -3.16. The fraction of sp³-hybridized carbons (Fsp3) is 0.500. The van der Waals surface area contributed by atoms with Crippen molar-refractivity contribution in [3.05, 3.63) is 58.1 Å². The van der Waals surface area contributed by atoms with Crippen LogP contribution < -0.4 is 10.2 Å². The number of nitro benzene ring substituents is 1. The van der Waals surface area contributed by atoms with Crippen LogP contribution in [0.4, 0.5) is 10.5 Å². The molecular formula is C26H35BN2O9S. The van der Waals surface area contributed by atoms with E-state index < -0.39 is 45.0 Å². The zero-order valence-corrected chi connectivity index (χ0v) is 24.3. The summed E-state index contributed by atoms with van der Waals surface area (Å²) < 4.78 is 51.0. The summed E-state index contributed by atoms with van der Waals surface area (Å²) in [4.78, 5) is 23.3. The van der Waals surface area contributed by atoms with Gasteiger partial charge in [-0.1, -0.05) is 6.07 Å². The van der Waals surface area contributed by atoms with E-state index >= 15 is 0 Å². The highest BCUT2D eigenvalue weighted by atomic mass is 32.2. The maximum Gasteiger partial charge on any atom is 0.495 e. The molecular weight excluding hydrogens is 527 g/mol. The monoisotopic (exact) mass is 562 g/mol. The summed E-state index contributed by atoms with van der Waals surface area (Å²) in [5, 5.41) is 11.0. The van der Waals surface area contributed by atoms with Crippen LogP contribution in [-0.2, 0) is 30.5 Å². The van der Waals surface area contributed by atoms with Crippen molar-refractivity contribution in [3.63, 3.8) is 0 Å². The molecule has 0 aliphatic carbocycles. The van der Waals surface area contributed by atoms with Gasteiger partial charge in [0, 0.05) is 18.7 Å². The molecule has 0 bridgehead atoms. The Labute approximate surface area is 229 Å². The fourth-order valence-electron chi connectivity index (χ4n) is 3.84. The van der Waals surface area contributed by atoms with Gasteiger partial charge in [0.25, 0.3) is 15.7 Å². The van der Waals surface area contributed by atoms with Gasteiger partial charge in [0.1, 0.15) is 11.4 Å². The lowest BCUT2D eigenvalue weighted by Gasteiger charge is -2.32. The molecule has 1 fully saturated rings. The topological polar surface area (TPSA) is 135 Å². The van der Waals surface area contributed by atoms with Crippen LogP contribution in [0.5, 0.6) is 5.75 Å². The Kier molecular flexibility index (Phi) is 8.40. The summed E-state index contributed by atoms with van der Waals surface area (Å²) in [6.07, 6.45) is -0.983. The number of amides is 1. The van der Waals surface area contributed by atoms with E-state index in [1.54, 1.807) is 39.0 Å². The molecule has 2 aromatic rings. The second kappa shape index (κ2) is 10.8. The number of nitrogens with zero attached hydrogens (tertiary/aromatic N) is 2. The van der Waals surface area contributed by atoms with Crippen molar-refractivity contribution >= 4 is 34.4 Å². The zero-order chi connectivity index (χ0) is 29.4. The number of sulfonamides is 1. The molecule has 212 valence electrons. The first-order valence-corrected chi connectivity index (χ1v) is 13.8. The van der Waals surface area contributed by atoms with Crippen LogP contribution in [0.15, 0.2) is 47.4 Å². The van der Waals surface area contributed by atoms with Crippen LogP contribution in [0.3, 0.4) is 0 Å². The zero-order valence-electron chi connectivity index (χ0n) is 23.5. The first kappa shape index (κ1) is 30.4. The summed E-state index contributed by atoms with van der Waals surface area (Å²) >= 11 is 0. The molecule has 0 aromatic heterocycles. The van der Waals surface area contributed by atoms with Gasteiger partial charge >= 0.3 is 13.2 Å². The molecule has 0 spiro atoms. The molecule has 3 rings (SSSR count). The highest BCUT2D eigenvalue weighted by Crippen LogP contribution is 2.37. The largest absolute Gasteiger partial charge is 0.497 e. The number of benzene rings is 2. The Morgan fingerprint density at radius 3 is 2.10 bits per heavy atom. The number of hydrogen-bond acceptors (Lipinski definition) is 9. The van der Waals surface area contributed by atoms with Crippen molar-refractivity contribution < 1.29 is 36.9 Å². The summed E-state index contributed by atoms with van der Waals surface area (Å²) in [5.41, 5.74) is -1.12. The Balaban J connectivity index is 1.99. The van der Waals surface area contributed by atoms with E-state index in [1.807, 2.05) is 27.7 Å². The van der Waals surface area contributed by atoms with Gasteiger partial charge < -0.3 is 18.8 Å². The van der Waals surface area contributed by atoms with Crippen molar-refractivity contribution in [3.8, 4) is 5.75 Å². The molecule has 1 saturated heterocycles. The van der Waals surface area contributed by atoms with Crippen LogP contribution in [-0.4, -0.2) is 61.3 Å². The third-order valence-corrected chi connectivity index (χ3v) is 8.45. The molecule has 39 heavy (non-hydrogen) atoms. The average molecular weight is 562 g/mol. The smallest absolute Gasteiger partial charge is 0.495 e. The third kappa shape index (κ3) is 6.71. The third-order valence-electron chi connectivity index (χ3n) is 6.67. The van der Waals surface area contributed by atoms with E-state index in [9.17, 15) is 23.3 Å². The minimum absolute atomic E-state index is 0.0854. The molecule has 1 amide bonds. The molecule has 1 heterocycles. The van der Waals surface area contributed by atoms with E-state index in [2.05, 4.69) is 0 Å². The van der Waals surface area contributed by atoms with Gasteiger partial charge in [0.05, 0.1) is 28.1 Å². The van der Waals surface area contributed by atoms with Gasteiger partial charge in [-0.05, 0) is 90.2 Å². The molecule has 13 heteroatoms. The fourth-order valence-corrected chi connectivity index (χ4v) is 5.14. The quantitative estimate of drug-likeness (QED) is 0.265. The lowest BCUT2D eigenvalue weighted by Crippen LogP contribution is -2.43. The first-order valence-electron chi connectivity index (χ1n) is 12.4. The summed E-state index contributed by atoms with van der Waals surface area (Å²) in [5.74, 6) is 0.535. The number of carbonyl (C=O) groups excluding carboxylic acids is 1. The van der Waals surface area contributed by atoms with Crippen molar-refractivity contribution in [2.24, 2.45) is 0 Å². The number of non-ortho nitro benzene ring substituents is 1. The number of nitro groups is 1. The van der Waals surface area contributed by atoms with E-state index in [-0.39, 0.29) is 23.5 Å². The van der Waals surface area contributed by atoms with Crippen LogP contribution in [0.2, 0.25) is 0 Å². The number of hydrogen-bond donors (Lipinski definition) is 0. The van der Waals surface area contributed by atoms with Crippen LogP contribution in [0.1, 0.15) is 54.0 Å². The Bertz CT molecular complexity index is 1320. The van der Waals surface area contributed by atoms with E-state index in [0.717, 1.165) is 24.3 Å². The molecule has 11 nitrogen and oxygen atoms in total. The number of rotatable bonds is 8. The Morgan fingerprint density at radius 2 is 1.62 bits per heavy atom. The van der Waals surface area contributed by atoms with Crippen LogP contribution in [0.25, 0.3) is 0 Å². The van der Waals surface area contributed by atoms with Crippen LogP contribution >= 0.6 is 0 Å². The second-order valence-electron chi connectivity index (χ2n) is 11.2. The van der Waals surface area contributed by atoms with Gasteiger partial charge in [0.2, 0.25) is 0 Å². The number of carbonyl (C=O) groups is 1. The Morgan fingerprint density at radius 1 is 1.05 bits per heavy atom. The summed E-state index contributed by atoms with van der Waals surface area (Å²) in [6, 6.07) is 9.60. The van der Waals surface area contributed by atoms with Gasteiger partial charge in [-0.2, -0.15) is 0 Å². The van der Waals surface area contributed by atoms with Gasteiger partial charge in [0.15, 0.2) is 0 Å². The second-order valence-corrected chi connectivity index (χ2v) is 13.1. The molecule has 1 aliphatic heterocycles. The van der Waals surface area contributed by atoms with Gasteiger partial charge in [-0.25, -0.2) is 17.5 Å². The first-order chi connectivity index (χ1) is 17.9. The van der Waals surface area contributed by atoms with E-state index in [0.29, 0.717) is 21.1 Å². The standard InChI is InChI=1S/C26H35BN2O9S/c1-24(2,3)36-23(30)28(39(33,34)21-12-9-19(10-13-21)29(31)32)16-15-18-17-20(35-8)11-14-22(18)27-37-25(4,5)26(6,7)38-27/h9-14,17H,15-16H2,1-8H3. The predicted molar refractivity (Wildman–Crippen MR) is 146 cm³/mol. The SMILES string of the molecule is COc1ccc(B2OC(C)(C)C(C)(C)O2)c(CCN(C(=O)OC(C)(C)C)S(=O)(=O)c2ccc([N+](=O)[O-])cc2)c1. The maximum atomic E-state index is 13.6. The highest BCUT2D eigenvalue weighted by Gasteiger charge is 2.52. The number of methoxy groups -OCH3 is 1. The van der Waals surface area contributed by atoms with E-state index in [4.69, 9.17) is 18.8 Å². The molecule has 1 aliphatic rings. The van der Waals surface area contributed by atoms with Crippen molar-refractivity contribution in [1.82, 2.24) is 4.31 Å². The number of ether oxygens (including phenoxy) is 2. The molecule has 0 atom stereocenters. The molecule has 0 N–H and O–H groups in total. The molecule has 0 unspecified atom stereocenters. The minimum atomic E-state index is -4.43. The normalized spacial score (nSPS) is 16.6. The molecule has 0 radical (unpaired) electrons. The maximum absolute atomic E-state index is 13.6. The van der Waals surface area contributed by atoms with Gasteiger partial charge in [-0.3, -0.25) is 10.1 Å². The highest BCUT2D eigenvalue weighted by molar-refractivity contribution is 7.89. The van der Waals surface area contributed by atoms with Crippen LogP contribution in [0, 0.1) is 10.1 Å². The average Bonchev–Trinajstić information content (AvgIpc) is 3.04. The van der Waals surface area contributed by atoms with Crippen molar-refractivity contribution in [1.29, 1.82) is 0 Å². The summed E-state index contributed by atoms with van der Waals surface area (Å²) in [7, 11) is -3.64. The lowest BCUT2D eigenvalue weighted by molar-refractivity contribution is -0.384.